The fourth-order valence-electron chi connectivity index (χ4n) is 2.99. The number of nitrogens with zero attached hydrogens (tertiary/aromatic N) is 1. The summed E-state index contributed by atoms with van der Waals surface area (Å²) in [5.74, 6) is -0.678. The number of hydrogen-bond donors (Lipinski definition) is 1. The van der Waals surface area contributed by atoms with E-state index in [1.165, 1.54) is 4.90 Å². The van der Waals surface area contributed by atoms with E-state index in [-0.39, 0.29) is 30.7 Å². The summed E-state index contributed by atoms with van der Waals surface area (Å²) in [6.07, 6.45) is 0.678. The number of amides is 3. The first-order valence-corrected chi connectivity index (χ1v) is 9.47. The van der Waals surface area contributed by atoms with Gasteiger partial charge in [0, 0.05) is 22.2 Å². The summed E-state index contributed by atoms with van der Waals surface area (Å²) in [6, 6.07) is 11.1. The molecule has 0 aromatic heterocycles. The number of nitrogens with one attached hydrogen (secondary N) is 1. The Morgan fingerprint density at radius 2 is 1.77 bits per heavy atom. The molecule has 1 N–H and O–H groups in total. The molecule has 0 saturated heterocycles. The third-order valence-corrected chi connectivity index (χ3v) is 5.05. The van der Waals surface area contributed by atoms with Crippen LogP contribution >= 0.6 is 22.6 Å². The molecule has 0 unspecified atom stereocenters. The number of halogens is 1. The molecule has 0 aliphatic carbocycles. The number of carbonyl (C=O) groups excluding carboxylic acids is 3. The average molecular weight is 462 g/mol. The van der Waals surface area contributed by atoms with Gasteiger partial charge in [-0.15, -0.1) is 0 Å². The number of hydrogen-bond acceptors (Lipinski definition) is 3. The molecule has 2 aromatic carbocycles. The Kier molecular flexibility index (Phi) is 5.41. The molecule has 134 valence electrons. The molecule has 0 spiro atoms. The maximum Gasteiger partial charge on any atom is 0.261 e. The molecule has 5 nitrogen and oxygen atoms in total. The molecule has 0 saturated carbocycles. The van der Waals surface area contributed by atoms with E-state index in [0.29, 0.717) is 17.5 Å². The minimum atomic E-state index is -0.279. The van der Waals surface area contributed by atoms with Crippen molar-refractivity contribution in [2.45, 2.75) is 26.7 Å². The van der Waals surface area contributed by atoms with Crippen molar-refractivity contribution in [3.05, 3.63) is 62.2 Å². The van der Waals surface area contributed by atoms with Gasteiger partial charge >= 0.3 is 0 Å². The van der Waals surface area contributed by atoms with Crippen LogP contribution in [0.2, 0.25) is 0 Å². The van der Waals surface area contributed by atoms with Gasteiger partial charge in [0.05, 0.1) is 11.1 Å². The van der Waals surface area contributed by atoms with Gasteiger partial charge in [-0.2, -0.15) is 0 Å². The molecule has 0 atom stereocenters. The monoisotopic (exact) mass is 462 g/mol. The van der Waals surface area contributed by atoms with Crippen molar-refractivity contribution in [3.8, 4) is 0 Å². The van der Waals surface area contributed by atoms with E-state index < -0.39 is 0 Å². The van der Waals surface area contributed by atoms with Crippen LogP contribution in [0.15, 0.2) is 36.4 Å². The van der Waals surface area contributed by atoms with Gasteiger partial charge in [-0.1, -0.05) is 11.6 Å². The van der Waals surface area contributed by atoms with Gasteiger partial charge in [0.1, 0.15) is 0 Å². The number of carbonyl (C=O) groups is 3. The van der Waals surface area contributed by atoms with Gasteiger partial charge in [0.25, 0.3) is 11.8 Å². The Hall–Kier alpha value is -2.22. The normalized spacial score (nSPS) is 13.1. The number of fused-ring (bicyclic) bond motifs is 1. The van der Waals surface area contributed by atoms with Crippen LogP contribution in [0, 0.1) is 17.4 Å². The molecule has 1 heterocycles. The van der Waals surface area contributed by atoms with E-state index in [4.69, 9.17) is 0 Å². The summed E-state index contributed by atoms with van der Waals surface area (Å²) in [5, 5.41) is 2.88. The maximum atomic E-state index is 12.4. The summed E-state index contributed by atoms with van der Waals surface area (Å²) in [7, 11) is 0. The largest absolute Gasteiger partial charge is 0.326 e. The molecule has 0 bridgehead atoms. The Morgan fingerprint density at radius 1 is 1.04 bits per heavy atom. The van der Waals surface area contributed by atoms with Crippen LogP contribution in [0.5, 0.6) is 0 Å². The topological polar surface area (TPSA) is 66.5 Å². The quantitative estimate of drug-likeness (QED) is 0.541. The molecular weight excluding hydrogens is 443 g/mol. The predicted octanol–water partition coefficient (Wildman–Crippen LogP) is 3.92. The summed E-state index contributed by atoms with van der Waals surface area (Å²) in [6.45, 7) is 4.07. The van der Waals surface area contributed by atoms with E-state index in [0.717, 1.165) is 20.4 Å². The zero-order chi connectivity index (χ0) is 18.8. The highest BCUT2D eigenvalue weighted by Crippen LogP contribution is 2.24. The van der Waals surface area contributed by atoms with Crippen molar-refractivity contribution in [3.63, 3.8) is 0 Å². The lowest BCUT2D eigenvalue weighted by Crippen LogP contribution is -2.31. The first-order chi connectivity index (χ1) is 12.4. The molecule has 0 fully saturated rings. The van der Waals surface area contributed by atoms with Crippen LogP contribution in [-0.2, 0) is 4.79 Å². The van der Waals surface area contributed by atoms with Crippen LogP contribution < -0.4 is 5.32 Å². The third kappa shape index (κ3) is 3.80. The highest BCUT2D eigenvalue weighted by molar-refractivity contribution is 14.1. The van der Waals surface area contributed by atoms with Crippen molar-refractivity contribution >= 4 is 46.0 Å². The smallest absolute Gasteiger partial charge is 0.261 e. The van der Waals surface area contributed by atoms with E-state index in [2.05, 4.69) is 27.9 Å². The molecule has 2 aromatic rings. The number of aryl methyl sites for hydroxylation is 2. The molecule has 0 radical (unpaired) electrons. The van der Waals surface area contributed by atoms with Crippen molar-refractivity contribution in [2.24, 2.45) is 0 Å². The Morgan fingerprint density at radius 3 is 2.50 bits per heavy atom. The zero-order valence-electron chi connectivity index (χ0n) is 14.6. The minimum absolute atomic E-state index is 0.123. The fraction of sp³-hybridized carbons (Fsp3) is 0.250. The van der Waals surface area contributed by atoms with E-state index in [1.807, 2.05) is 38.1 Å². The van der Waals surface area contributed by atoms with Crippen LogP contribution in [0.3, 0.4) is 0 Å². The number of rotatable bonds is 5. The first kappa shape index (κ1) is 18.6. The Balaban J connectivity index is 1.56. The molecule has 3 rings (SSSR count). The van der Waals surface area contributed by atoms with Gasteiger partial charge in [-0.25, -0.2) is 0 Å². The van der Waals surface area contributed by atoms with E-state index >= 15 is 0 Å². The average Bonchev–Trinajstić information content (AvgIpc) is 2.82. The Labute approximate surface area is 165 Å². The molecule has 26 heavy (non-hydrogen) atoms. The summed E-state index contributed by atoms with van der Waals surface area (Å²) in [5.41, 5.74) is 3.63. The van der Waals surface area contributed by atoms with Crippen molar-refractivity contribution < 1.29 is 14.4 Å². The van der Waals surface area contributed by atoms with Crippen molar-refractivity contribution in [2.75, 3.05) is 11.9 Å². The summed E-state index contributed by atoms with van der Waals surface area (Å²) < 4.78 is 1.11. The van der Waals surface area contributed by atoms with E-state index in [9.17, 15) is 14.4 Å². The van der Waals surface area contributed by atoms with Crippen molar-refractivity contribution in [1.82, 2.24) is 4.90 Å². The predicted molar refractivity (Wildman–Crippen MR) is 108 cm³/mol. The zero-order valence-corrected chi connectivity index (χ0v) is 16.8. The lowest BCUT2D eigenvalue weighted by Gasteiger charge is -2.14. The summed E-state index contributed by atoms with van der Waals surface area (Å²) in [4.78, 5) is 38.1. The van der Waals surface area contributed by atoms with Gasteiger partial charge in [-0.3, -0.25) is 19.3 Å². The SMILES string of the molecule is Cc1ccc2c(c1)C(=O)N(CCCC(=O)Nc1ccc(I)cc1C)C2=O. The highest BCUT2D eigenvalue weighted by atomic mass is 127. The number of imide groups is 1. The molecular formula is C20H19IN2O3. The van der Waals surface area contributed by atoms with E-state index in [1.54, 1.807) is 12.1 Å². The van der Waals surface area contributed by atoms with Crippen LogP contribution in [0.25, 0.3) is 0 Å². The molecule has 1 aliphatic rings. The van der Waals surface area contributed by atoms with Crippen LogP contribution in [0.1, 0.15) is 44.7 Å². The van der Waals surface area contributed by atoms with Crippen LogP contribution in [0.4, 0.5) is 5.69 Å². The molecule has 6 heteroatoms. The number of benzene rings is 2. The summed E-state index contributed by atoms with van der Waals surface area (Å²) >= 11 is 2.22. The fourth-order valence-corrected chi connectivity index (χ4v) is 3.63. The number of anilines is 1. The third-order valence-electron chi connectivity index (χ3n) is 4.37. The lowest BCUT2D eigenvalue weighted by atomic mass is 10.1. The minimum Gasteiger partial charge on any atom is -0.326 e. The Bertz CT molecular complexity index is 908. The second-order valence-electron chi connectivity index (χ2n) is 6.42. The standard InChI is InChI=1S/C20H19IN2O3/c1-12-5-7-15-16(10-12)20(26)23(19(15)25)9-3-4-18(24)22-17-8-6-14(21)11-13(17)2/h5-8,10-11H,3-4,9H2,1-2H3,(H,22,24). The lowest BCUT2D eigenvalue weighted by molar-refractivity contribution is -0.116. The molecule has 1 aliphatic heterocycles. The van der Waals surface area contributed by atoms with Gasteiger partial charge in [0.2, 0.25) is 5.91 Å². The van der Waals surface area contributed by atoms with Gasteiger partial charge in [0.15, 0.2) is 0 Å². The molecule has 3 amide bonds. The highest BCUT2D eigenvalue weighted by Gasteiger charge is 2.34. The van der Waals surface area contributed by atoms with Gasteiger partial charge < -0.3 is 5.32 Å². The second-order valence-corrected chi connectivity index (χ2v) is 7.67. The maximum absolute atomic E-state index is 12.4. The van der Waals surface area contributed by atoms with Crippen molar-refractivity contribution in [1.29, 1.82) is 0 Å². The van der Waals surface area contributed by atoms with Crippen LogP contribution in [-0.4, -0.2) is 29.2 Å². The second kappa shape index (κ2) is 7.57. The first-order valence-electron chi connectivity index (χ1n) is 8.39. The van der Waals surface area contributed by atoms with Gasteiger partial charge in [-0.05, 0) is 78.8 Å².